The Labute approximate surface area is 144 Å². The molecule has 1 aromatic heterocycles. The number of benzene rings is 2. The van der Waals surface area contributed by atoms with Gasteiger partial charge in [0.2, 0.25) is 5.95 Å². The highest BCUT2D eigenvalue weighted by Gasteiger charge is 2.05. The van der Waals surface area contributed by atoms with E-state index in [4.69, 9.17) is 16.9 Å². The van der Waals surface area contributed by atoms with Crippen LogP contribution in [0.3, 0.4) is 0 Å². The van der Waals surface area contributed by atoms with Crippen molar-refractivity contribution in [3.05, 3.63) is 64.8 Å². The van der Waals surface area contributed by atoms with E-state index < -0.39 is 0 Å². The zero-order valence-electron chi connectivity index (χ0n) is 12.8. The number of nitriles is 1. The number of aromatic nitrogens is 3. The third-order valence-electron chi connectivity index (χ3n) is 3.26. The molecule has 7 heteroatoms. The Morgan fingerprint density at radius 2 is 2.00 bits per heavy atom. The van der Waals surface area contributed by atoms with Crippen LogP contribution in [0.25, 0.3) is 0 Å². The summed E-state index contributed by atoms with van der Waals surface area (Å²) in [6.07, 6.45) is 1.51. The lowest BCUT2D eigenvalue weighted by Gasteiger charge is -2.09. The first kappa shape index (κ1) is 15.7. The summed E-state index contributed by atoms with van der Waals surface area (Å²) < 4.78 is 0. The molecule has 6 nitrogen and oxygen atoms in total. The van der Waals surface area contributed by atoms with Gasteiger partial charge in [0.05, 0.1) is 17.8 Å². The molecular weight excluding hydrogens is 324 g/mol. The van der Waals surface area contributed by atoms with E-state index in [-0.39, 0.29) is 0 Å². The van der Waals surface area contributed by atoms with E-state index in [1.807, 2.05) is 25.1 Å². The lowest BCUT2D eigenvalue weighted by Crippen LogP contribution is -2.03. The minimum atomic E-state index is 0.363. The third-order valence-corrected chi connectivity index (χ3v) is 3.49. The van der Waals surface area contributed by atoms with Crippen molar-refractivity contribution in [2.24, 2.45) is 0 Å². The first-order valence-electron chi connectivity index (χ1n) is 7.14. The van der Waals surface area contributed by atoms with E-state index >= 15 is 0 Å². The number of aryl methyl sites for hydroxylation is 1. The number of anilines is 4. The Morgan fingerprint density at radius 3 is 2.79 bits per heavy atom. The summed E-state index contributed by atoms with van der Waals surface area (Å²) in [5, 5.41) is 23.7. The Morgan fingerprint density at radius 1 is 1.12 bits per heavy atom. The molecule has 0 unspecified atom stereocenters. The molecule has 24 heavy (non-hydrogen) atoms. The van der Waals surface area contributed by atoms with E-state index in [1.165, 1.54) is 6.20 Å². The first-order valence-corrected chi connectivity index (χ1v) is 7.52. The van der Waals surface area contributed by atoms with Crippen LogP contribution in [0.2, 0.25) is 5.02 Å². The smallest absolute Gasteiger partial charge is 0.249 e. The summed E-state index contributed by atoms with van der Waals surface area (Å²) in [5.41, 5.74) is 3.15. The molecule has 118 valence electrons. The second-order valence-corrected chi connectivity index (χ2v) is 5.50. The molecule has 1 heterocycles. The molecule has 0 spiro atoms. The predicted molar refractivity (Wildman–Crippen MR) is 93.7 cm³/mol. The van der Waals surface area contributed by atoms with Crippen LogP contribution in [0.5, 0.6) is 0 Å². The Bertz CT molecular complexity index is 919. The molecule has 0 aliphatic carbocycles. The molecule has 2 aromatic carbocycles. The second-order valence-electron chi connectivity index (χ2n) is 5.07. The minimum Gasteiger partial charge on any atom is -0.339 e. The van der Waals surface area contributed by atoms with E-state index in [2.05, 4.69) is 31.9 Å². The normalized spacial score (nSPS) is 10.0. The molecule has 0 fully saturated rings. The van der Waals surface area contributed by atoms with E-state index in [0.717, 1.165) is 16.9 Å². The number of halogens is 1. The molecule has 3 rings (SSSR count). The maximum absolute atomic E-state index is 8.95. The Kier molecular flexibility index (Phi) is 4.54. The lowest BCUT2D eigenvalue weighted by molar-refractivity contribution is 0.982. The van der Waals surface area contributed by atoms with Crippen molar-refractivity contribution >= 4 is 34.7 Å². The van der Waals surface area contributed by atoms with Crippen LogP contribution >= 0.6 is 11.6 Å². The van der Waals surface area contributed by atoms with Gasteiger partial charge >= 0.3 is 0 Å². The maximum atomic E-state index is 8.95. The van der Waals surface area contributed by atoms with Crippen molar-refractivity contribution in [1.29, 1.82) is 5.26 Å². The summed E-state index contributed by atoms with van der Waals surface area (Å²) >= 11 is 5.96. The highest BCUT2D eigenvalue weighted by atomic mass is 35.5. The summed E-state index contributed by atoms with van der Waals surface area (Å²) in [6, 6.07) is 14.7. The van der Waals surface area contributed by atoms with Gasteiger partial charge in [-0.05, 0) is 48.9 Å². The SMILES string of the molecule is Cc1cc(Cl)ccc1Nc1nncc(Nc2cccc(C#N)c2)n1. The monoisotopic (exact) mass is 336 g/mol. The molecule has 0 saturated carbocycles. The fourth-order valence-electron chi connectivity index (χ4n) is 2.12. The lowest BCUT2D eigenvalue weighted by atomic mass is 10.2. The molecule has 0 saturated heterocycles. The summed E-state index contributed by atoms with van der Waals surface area (Å²) in [7, 11) is 0. The van der Waals surface area contributed by atoms with E-state index in [9.17, 15) is 0 Å². The standard InChI is InChI=1S/C17H13ClN6/c1-11-7-13(18)5-6-15(11)22-17-23-16(10-20-24-17)21-14-4-2-3-12(8-14)9-19/h2-8,10H,1H3,(H2,21,22,23,24). The van der Waals surface area contributed by atoms with Crippen LogP contribution in [0, 0.1) is 18.3 Å². The van der Waals surface area contributed by atoms with Crippen molar-refractivity contribution in [1.82, 2.24) is 15.2 Å². The highest BCUT2D eigenvalue weighted by Crippen LogP contribution is 2.22. The molecule has 0 bridgehead atoms. The number of nitrogens with one attached hydrogen (secondary N) is 2. The molecule has 0 radical (unpaired) electrons. The maximum Gasteiger partial charge on any atom is 0.249 e. The predicted octanol–water partition coefficient (Wildman–Crippen LogP) is 4.19. The van der Waals surface area contributed by atoms with Crippen molar-refractivity contribution in [2.45, 2.75) is 6.92 Å². The largest absolute Gasteiger partial charge is 0.339 e. The quantitative estimate of drug-likeness (QED) is 0.742. The fourth-order valence-corrected chi connectivity index (χ4v) is 2.35. The second kappa shape index (κ2) is 6.94. The Balaban J connectivity index is 1.80. The van der Waals surface area contributed by atoms with Crippen LogP contribution in [-0.2, 0) is 0 Å². The molecule has 0 atom stereocenters. The average Bonchev–Trinajstić information content (AvgIpc) is 2.58. The van der Waals surface area contributed by atoms with Gasteiger partial charge in [-0.25, -0.2) is 0 Å². The van der Waals surface area contributed by atoms with Gasteiger partial charge in [-0.2, -0.15) is 15.3 Å². The molecule has 2 N–H and O–H groups in total. The third kappa shape index (κ3) is 3.77. The van der Waals surface area contributed by atoms with E-state index in [1.54, 1.807) is 24.3 Å². The number of nitrogens with zero attached hydrogens (tertiary/aromatic N) is 4. The molecular formula is C17H13ClN6. The Hall–Kier alpha value is -3.17. The molecule has 0 amide bonds. The van der Waals surface area contributed by atoms with Crippen molar-refractivity contribution in [3.63, 3.8) is 0 Å². The van der Waals surface area contributed by atoms with Gasteiger partial charge in [0.15, 0.2) is 5.82 Å². The first-order chi connectivity index (χ1) is 11.6. The molecule has 0 aliphatic rings. The number of rotatable bonds is 4. The van der Waals surface area contributed by atoms with Gasteiger partial charge in [0, 0.05) is 16.4 Å². The van der Waals surface area contributed by atoms with Gasteiger partial charge in [0.25, 0.3) is 0 Å². The average molecular weight is 337 g/mol. The van der Waals surface area contributed by atoms with E-state index in [0.29, 0.717) is 22.4 Å². The van der Waals surface area contributed by atoms with Gasteiger partial charge < -0.3 is 10.6 Å². The minimum absolute atomic E-state index is 0.363. The van der Waals surface area contributed by atoms with Crippen molar-refractivity contribution in [3.8, 4) is 6.07 Å². The topological polar surface area (TPSA) is 86.5 Å². The van der Waals surface area contributed by atoms with Crippen molar-refractivity contribution < 1.29 is 0 Å². The van der Waals surface area contributed by atoms with Crippen LogP contribution in [-0.4, -0.2) is 15.2 Å². The summed E-state index contributed by atoms with van der Waals surface area (Å²) in [5.74, 6) is 0.885. The van der Waals surface area contributed by atoms with Crippen molar-refractivity contribution in [2.75, 3.05) is 10.6 Å². The molecule has 0 aliphatic heterocycles. The van der Waals surface area contributed by atoms with Gasteiger partial charge in [0.1, 0.15) is 0 Å². The number of hydrogen-bond acceptors (Lipinski definition) is 6. The van der Waals surface area contributed by atoms with Gasteiger partial charge in [-0.3, -0.25) is 0 Å². The van der Waals surface area contributed by atoms with Crippen LogP contribution in [0.1, 0.15) is 11.1 Å². The molecule has 3 aromatic rings. The summed E-state index contributed by atoms with van der Waals surface area (Å²) in [4.78, 5) is 4.37. The zero-order valence-corrected chi connectivity index (χ0v) is 13.5. The van der Waals surface area contributed by atoms with Crippen LogP contribution in [0.4, 0.5) is 23.1 Å². The summed E-state index contributed by atoms with van der Waals surface area (Å²) in [6.45, 7) is 1.94. The van der Waals surface area contributed by atoms with Gasteiger partial charge in [-0.15, -0.1) is 5.10 Å². The van der Waals surface area contributed by atoms with Crippen LogP contribution in [0.15, 0.2) is 48.7 Å². The highest BCUT2D eigenvalue weighted by molar-refractivity contribution is 6.30. The zero-order chi connectivity index (χ0) is 16.9. The fraction of sp³-hybridized carbons (Fsp3) is 0.0588. The van der Waals surface area contributed by atoms with Gasteiger partial charge in [-0.1, -0.05) is 17.7 Å². The number of hydrogen-bond donors (Lipinski definition) is 2. The van der Waals surface area contributed by atoms with Crippen LogP contribution < -0.4 is 10.6 Å².